The van der Waals surface area contributed by atoms with Gasteiger partial charge < -0.3 is 15.8 Å². The van der Waals surface area contributed by atoms with Gasteiger partial charge in [0.25, 0.3) is 0 Å². The highest BCUT2D eigenvalue weighted by atomic mass is 79.9. The third kappa shape index (κ3) is 4.01. The van der Waals surface area contributed by atoms with Crippen molar-refractivity contribution in [3.8, 4) is 0 Å². The van der Waals surface area contributed by atoms with E-state index in [0.29, 0.717) is 18.3 Å². The highest BCUT2D eigenvalue weighted by molar-refractivity contribution is 9.10. The van der Waals surface area contributed by atoms with Crippen molar-refractivity contribution >= 4 is 27.7 Å². The molecule has 1 unspecified atom stereocenters. The third-order valence-corrected chi connectivity index (χ3v) is 2.41. The van der Waals surface area contributed by atoms with E-state index in [4.69, 9.17) is 10.5 Å². The lowest BCUT2D eigenvalue weighted by molar-refractivity contribution is 0.164. The number of hydrogen-bond acceptors (Lipinski definition) is 5. The molecule has 1 aromatic rings. The second-order valence-corrected chi connectivity index (χ2v) is 4.22. The summed E-state index contributed by atoms with van der Waals surface area (Å²) in [4.78, 5) is 7.93. The summed E-state index contributed by atoms with van der Waals surface area (Å²) >= 11 is 3.35. The number of nitrogens with zero attached hydrogens (tertiary/aromatic N) is 2. The molecule has 0 spiro atoms. The van der Waals surface area contributed by atoms with Gasteiger partial charge in [-0.2, -0.15) is 4.98 Å². The number of methoxy groups -OCH3 is 1. The van der Waals surface area contributed by atoms with E-state index in [1.165, 1.54) is 0 Å². The first-order valence-corrected chi connectivity index (χ1v) is 5.43. The topological polar surface area (TPSA) is 73.1 Å². The first-order chi connectivity index (χ1) is 7.13. The van der Waals surface area contributed by atoms with E-state index in [-0.39, 0.29) is 5.95 Å². The van der Waals surface area contributed by atoms with E-state index in [9.17, 15) is 0 Å². The van der Waals surface area contributed by atoms with Crippen LogP contribution in [-0.2, 0) is 4.74 Å². The first-order valence-electron chi connectivity index (χ1n) is 4.64. The quantitative estimate of drug-likeness (QED) is 0.852. The molecule has 0 amide bonds. The van der Waals surface area contributed by atoms with Crippen molar-refractivity contribution in [2.75, 3.05) is 31.3 Å². The molecule has 0 bridgehead atoms. The van der Waals surface area contributed by atoms with E-state index < -0.39 is 0 Å². The standard InChI is InChI=1S/C9H15BrN4O/c1-6(5-15-2)3-12-8-7(10)4-13-9(11)14-8/h4,6H,3,5H2,1-2H3,(H3,11,12,13,14). The molecular weight excluding hydrogens is 260 g/mol. The van der Waals surface area contributed by atoms with Crippen molar-refractivity contribution in [1.82, 2.24) is 9.97 Å². The molecule has 15 heavy (non-hydrogen) atoms. The summed E-state index contributed by atoms with van der Waals surface area (Å²) in [5.41, 5.74) is 5.48. The summed E-state index contributed by atoms with van der Waals surface area (Å²) in [6.07, 6.45) is 1.63. The van der Waals surface area contributed by atoms with Crippen molar-refractivity contribution in [3.05, 3.63) is 10.7 Å². The Morgan fingerprint density at radius 1 is 1.67 bits per heavy atom. The number of aromatic nitrogens is 2. The van der Waals surface area contributed by atoms with Crippen LogP contribution in [0, 0.1) is 5.92 Å². The van der Waals surface area contributed by atoms with E-state index in [0.717, 1.165) is 11.0 Å². The smallest absolute Gasteiger partial charge is 0.221 e. The number of hydrogen-bond donors (Lipinski definition) is 2. The normalized spacial score (nSPS) is 12.5. The number of nitrogens with one attached hydrogen (secondary N) is 1. The molecular formula is C9H15BrN4O. The summed E-state index contributed by atoms with van der Waals surface area (Å²) < 4.78 is 5.84. The fourth-order valence-electron chi connectivity index (χ4n) is 1.12. The SMILES string of the molecule is COCC(C)CNc1nc(N)ncc1Br. The lowest BCUT2D eigenvalue weighted by atomic mass is 10.2. The number of ether oxygens (including phenoxy) is 1. The van der Waals surface area contributed by atoms with Crippen molar-refractivity contribution in [3.63, 3.8) is 0 Å². The molecule has 84 valence electrons. The zero-order chi connectivity index (χ0) is 11.3. The first kappa shape index (κ1) is 12.2. The summed E-state index contributed by atoms with van der Waals surface area (Å²) in [5.74, 6) is 1.39. The molecule has 0 saturated heterocycles. The highest BCUT2D eigenvalue weighted by Gasteiger charge is 2.05. The fraction of sp³-hybridized carbons (Fsp3) is 0.556. The molecule has 0 fully saturated rings. The molecule has 0 aliphatic carbocycles. The van der Waals surface area contributed by atoms with Crippen molar-refractivity contribution < 1.29 is 4.74 Å². The molecule has 1 heterocycles. The molecule has 1 rings (SSSR count). The number of nitrogen functional groups attached to an aromatic ring is 1. The van der Waals surface area contributed by atoms with E-state index >= 15 is 0 Å². The molecule has 0 radical (unpaired) electrons. The van der Waals surface area contributed by atoms with Gasteiger partial charge in [0, 0.05) is 19.9 Å². The van der Waals surface area contributed by atoms with Crippen LogP contribution in [0.1, 0.15) is 6.92 Å². The van der Waals surface area contributed by atoms with Crippen LogP contribution in [-0.4, -0.2) is 30.2 Å². The van der Waals surface area contributed by atoms with Crippen LogP contribution < -0.4 is 11.1 Å². The number of nitrogens with two attached hydrogens (primary N) is 1. The van der Waals surface area contributed by atoms with Gasteiger partial charge in [0.1, 0.15) is 5.82 Å². The Morgan fingerprint density at radius 3 is 3.07 bits per heavy atom. The molecule has 0 saturated carbocycles. The molecule has 1 aromatic heterocycles. The van der Waals surface area contributed by atoms with Gasteiger partial charge in [-0.05, 0) is 21.8 Å². The average Bonchev–Trinajstić information content (AvgIpc) is 2.20. The minimum absolute atomic E-state index is 0.264. The van der Waals surface area contributed by atoms with Crippen LogP contribution in [0.4, 0.5) is 11.8 Å². The Balaban J connectivity index is 2.53. The Kier molecular flexibility index (Phi) is 4.77. The fourth-order valence-corrected chi connectivity index (χ4v) is 1.45. The van der Waals surface area contributed by atoms with Gasteiger partial charge in [-0.1, -0.05) is 6.92 Å². The second kappa shape index (κ2) is 5.87. The molecule has 6 heteroatoms. The maximum absolute atomic E-state index is 5.48. The van der Waals surface area contributed by atoms with Crippen LogP contribution in [0.2, 0.25) is 0 Å². The predicted molar refractivity (Wildman–Crippen MR) is 63.7 cm³/mol. The minimum atomic E-state index is 0.264. The third-order valence-electron chi connectivity index (χ3n) is 1.83. The van der Waals surface area contributed by atoms with Gasteiger partial charge in [-0.25, -0.2) is 4.98 Å². The van der Waals surface area contributed by atoms with Gasteiger partial charge in [0.05, 0.1) is 11.1 Å². The van der Waals surface area contributed by atoms with Gasteiger partial charge in [0.2, 0.25) is 5.95 Å². The maximum atomic E-state index is 5.48. The Labute approximate surface area is 97.6 Å². The lowest BCUT2D eigenvalue weighted by Crippen LogP contribution is -2.17. The lowest BCUT2D eigenvalue weighted by Gasteiger charge is -2.12. The van der Waals surface area contributed by atoms with Gasteiger partial charge in [-0.3, -0.25) is 0 Å². The Bertz CT molecular complexity index is 321. The average molecular weight is 275 g/mol. The summed E-state index contributed by atoms with van der Waals surface area (Å²) in [7, 11) is 1.69. The summed E-state index contributed by atoms with van der Waals surface area (Å²) in [6, 6.07) is 0. The van der Waals surface area contributed by atoms with Crippen molar-refractivity contribution in [2.45, 2.75) is 6.92 Å². The Morgan fingerprint density at radius 2 is 2.40 bits per heavy atom. The van der Waals surface area contributed by atoms with E-state index in [1.54, 1.807) is 13.3 Å². The van der Waals surface area contributed by atoms with Crippen LogP contribution in [0.15, 0.2) is 10.7 Å². The number of rotatable bonds is 5. The van der Waals surface area contributed by atoms with Crippen molar-refractivity contribution in [2.24, 2.45) is 5.92 Å². The van der Waals surface area contributed by atoms with Crippen molar-refractivity contribution in [1.29, 1.82) is 0 Å². The van der Waals surface area contributed by atoms with Crippen LogP contribution in [0.3, 0.4) is 0 Å². The largest absolute Gasteiger partial charge is 0.384 e. The minimum Gasteiger partial charge on any atom is -0.384 e. The van der Waals surface area contributed by atoms with Gasteiger partial charge in [0.15, 0.2) is 0 Å². The van der Waals surface area contributed by atoms with Crippen LogP contribution >= 0.6 is 15.9 Å². The van der Waals surface area contributed by atoms with Crippen LogP contribution in [0.5, 0.6) is 0 Å². The monoisotopic (exact) mass is 274 g/mol. The molecule has 5 nitrogen and oxygen atoms in total. The zero-order valence-corrected chi connectivity index (χ0v) is 10.4. The molecule has 0 aliphatic rings. The molecule has 0 aliphatic heterocycles. The highest BCUT2D eigenvalue weighted by Crippen LogP contribution is 2.19. The van der Waals surface area contributed by atoms with Crippen LogP contribution in [0.25, 0.3) is 0 Å². The van der Waals surface area contributed by atoms with Gasteiger partial charge in [-0.15, -0.1) is 0 Å². The van der Waals surface area contributed by atoms with E-state index in [2.05, 4.69) is 38.1 Å². The predicted octanol–water partition coefficient (Wildman–Crippen LogP) is 1.52. The Hall–Kier alpha value is -0.880. The molecule has 1 atom stereocenters. The number of halogens is 1. The second-order valence-electron chi connectivity index (χ2n) is 3.37. The molecule has 0 aromatic carbocycles. The summed E-state index contributed by atoms with van der Waals surface area (Å²) in [5, 5.41) is 3.18. The summed E-state index contributed by atoms with van der Waals surface area (Å²) in [6.45, 7) is 3.59. The maximum Gasteiger partial charge on any atom is 0.221 e. The number of anilines is 2. The molecule has 3 N–H and O–H groups in total. The van der Waals surface area contributed by atoms with Gasteiger partial charge >= 0.3 is 0 Å². The zero-order valence-electron chi connectivity index (χ0n) is 8.83. The van der Waals surface area contributed by atoms with E-state index in [1.807, 2.05) is 0 Å².